The van der Waals surface area contributed by atoms with Crippen molar-refractivity contribution in [2.24, 2.45) is 5.41 Å². The highest BCUT2D eigenvalue weighted by Gasteiger charge is 2.42. The molecule has 5 nitrogen and oxygen atoms in total. The van der Waals surface area contributed by atoms with Crippen LogP contribution < -0.4 is 5.32 Å². The van der Waals surface area contributed by atoms with Gasteiger partial charge in [-0.15, -0.1) is 0 Å². The van der Waals surface area contributed by atoms with E-state index in [2.05, 4.69) is 5.32 Å². The van der Waals surface area contributed by atoms with Gasteiger partial charge in [-0.05, 0) is 31.1 Å². The van der Waals surface area contributed by atoms with Crippen molar-refractivity contribution in [2.45, 2.75) is 32.1 Å². The third-order valence-electron chi connectivity index (χ3n) is 4.67. The molecule has 0 bridgehead atoms. The zero-order valence-electron chi connectivity index (χ0n) is 10.8. The fourth-order valence-electron chi connectivity index (χ4n) is 3.39. The lowest BCUT2D eigenvalue weighted by Gasteiger charge is -2.39. The summed E-state index contributed by atoms with van der Waals surface area (Å²) in [7, 11) is 0. The SMILES string of the molecule is O=C1CC2(CCN(C(=O)N3CCCC3)CC2)CN1. The first-order chi connectivity index (χ1) is 8.69. The van der Waals surface area contributed by atoms with Crippen molar-refractivity contribution in [1.29, 1.82) is 0 Å². The minimum atomic E-state index is 0.138. The number of hydrogen-bond acceptors (Lipinski definition) is 2. The summed E-state index contributed by atoms with van der Waals surface area (Å²) < 4.78 is 0. The van der Waals surface area contributed by atoms with E-state index in [1.807, 2.05) is 9.80 Å². The van der Waals surface area contributed by atoms with Crippen molar-refractivity contribution in [3.8, 4) is 0 Å². The summed E-state index contributed by atoms with van der Waals surface area (Å²) >= 11 is 0. The lowest BCUT2D eigenvalue weighted by molar-refractivity contribution is -0.119. The first kappa shape index (κ1) is 11.8. The fraction of sp³-hybridized carbons (Fsp3) is 0.846. The molecule has 3 fully saturated rings. The highest BCUT2D eigenvalue weighted by molar-refractivity contribution is 5.79. The number of hydrogen-bond donors (Lipinski definition) is 1. The number of amides is 3. The average Bonchev–Trinajstić information content (AvgIpc) is 3.00. The van der Waals surface area contributed by atoms with E-state index in [-0.39, 0.29) is 17.4 Å². The molecule has 3 rings (SSSR count). The number of piperidine rings is 1. The highest BCUT2D eigenvalue weighted by atomic mass is 16.2. The molecule has 3 aliphatic rings. The van der Waals surface area contributed by atoms with Crippen LogP contribution in [0.4, 0.5) is 4.79 Å². The maximum absolute atomic E-state index is 12.2. The first-order valence-corrected chi connectivity index (χ1v) is 6.99. The molecule has 1 spiro atoms. The predicted octanol–water partition coefficient (Wildman–Crippen LogP) is 0.804. The Morgan fingerprint density at radius 3 is 2.22 bits per heavy atom. The van der Waals surface area contributed by atoms with Crippen LogP contribution in [0.3, 0.4) is 0 Å². The minimum absolute atomic E-state index is 0.138. The lowest BCUT2D eigenvalue weighted by atomic mass is 9.78. The van der Waals surface area contributed by atoms with Gasteiger partial charge in [0.2, 0.25) is 5.91 Å². The fourth-order valence-corrected chi connectivity index (χ4v) is 3.39. The van der Waals surface area contributed by atoms with E-state index in [0.717, 1.165) is 58.4 Å². The average molecular weight is 251 g/mol. The number of urea groups is 1. The van der Waals surface area contributed by atoms with E-state index < -0.39 is 0 Å². The van der Waals surface area contributed by atoms with Crippen molar-refractivity contribution in [3.05, 3.63) is 0 Å². The largest absolute Gasteiger partial charge is 0.356 e. The zero-order valence-corrected chi connectivity index (χ0v) is 10.8. The van der Waals surface area contributed by atoms with Gasteiger partial charge < -0.3 is 15.1 Å². The van der Waals surface area contributed by atoms with Gasteiger partial charge in [0.1, 0.15) is 0 Å². The quantitative estimate of drug-likeness (QED) is 0.692. The molecule has 3 aliphatic heterocycles. The molecule has 1 N–H and O–H groups in total. The molecule has 0 atom stereocenters. The van der Waals surface area contributed by atoms with Crippen LogP contribution in [0.5, 0.6) is 0 Å². The van der Waals surface area contributed by atoms with Crippen molar-refractivity contribution >= 4 is 11.9 Å². The van der Waals surface area contributed by atoms with E-state index in [1.54, 1.807) is 0 Å². The molecule has 0 radical (unpaired) electrons. The molecule has 0 aromatic heterocycles. The summed E-state index contributed by atoms with van der Waals surface area (Å²) in [5.41, 5.74) is 0.138. The first-order valence-electron chi connectivity index (χ1n) is 6.99. The Bertz CT molecular complexity index is 355. The Balaban J connectivity index is 1.56. The van der Waals surface area contributed by atoms with Crippen LogP contribution in [-0.2, 0) is 4.79 Å². The summed E-state index contributed by atoms with van der Waals surface area (Å²) in [6.45, 7) is 4.26. The third-order valence-corrected chi connectivity index (χ3v) is 4.67. The van der Waals surface area contributed by atoms with Gasteiger partial charge >= 0.3 is 6.03 Å². The van der Waals surface area contributed by atoms with Crippen LogP contribution in [0.15, 0.2) is 0 Å². The second-order valence-electron chi connectivity index (χ2n) is 5.92. The number of nitrogens with zero attached hydrogens (tertiary/aromatic N) is 2. The van der Waals surface area contributed by atoms with Crippen LogP contribution in [-0.4, -0.2) is 54.5 Å². The highest BCUT2D eigenvalue weighted by Crippen LogP contribution is 2.37. The Kier molecular flexibility index (Phi) is 2.92. The van der Waals surface area contributed by atoms with E-state index in [0.29, 0.717) is 6.42 Å². The molecule has 0 aromatic rings. The van der Waals surface area contributed by atoms with Gasteiger partial charge in [-0.1, -0.05) is 0 Å². The Morgan fingerprint density at radius 2 is 1.67 bits per heavy atom. The minimum Gasteiger partial charge on any atom is -0.356 e. The number of carbonyl (C=O) groups excluding carboxylic acids is 2. The maximum atomic E-state index is 12.2. The van der Waals surface area contributed by atoms with Crippen LogP contribution in [0.25, 0.3) is 0 Å². The van der Waals surface area contributed by atoms with Crippen molar-refractivity contribution in [1.82, 2.24) is 15.1 Å². The predicted molar refractivity (Wildman–Crippen MR) is 67.1 cm³/mol. The summed E-state index contributed by atoms with van der Waals surface area (Å²) in [5.74, 6) is 0.175. The molecular weight excluding hydrogens is 230 g/mol. The van der Waals surface area contributed by atoms with Gasteiger partial charge in [-0.25, -0.2) is 4.79 Å². The van der Waals surface area contributed by atoms with Gasteiger partial charge in [0.25, 0.3) is 0 Å². The topological polar surface area (TPSA) is 52.7 Å². The second-order valence-corrected chi connectivity index (χ2v) is 5.92. The Morgan fingerprint density at radius 1 is 1.06 bits per heavy atom. The number of carbonyl (C=O) groups is 2. The molecular formula is C13H21N3O2. The van der Waals surface area contributed by atoms with E-state index >= 15 is 0 Å². The van der Waals surface area contributed by atoms with Crippen molar-refractivity contribution < 1.29 is 9.59 Å². The third kappa shape index (κ3) is 2.06. The number of rotatable bonds is 0. The molecule has 0 unspecified atom stereocenters. The normalized spacial score (nSPS) is 26.8. The van der Waals surface area contributed by atoms with Crippen LogP contribution in [0.1, 0.15) is 32.1 Å². The number of nitrogens with one attached hydrogen (secondary N) is 1. The van der Waals surface area contributed by atoms with Crippen LogP contribution in [0.2, 0.25) is 0 Å². The molecule has 0 aliphatic carbocycles. The molecule has 0 aromatic carbocycles. The Labute approximate surface area is 107 Å². The maximum Gasteiger partial charge on any atom is 0.319 e. The van der Waals surface area contributed by atoms with Crippen LogP contribution >= 0.6 is 0 Å². The standard InChI is InChI=1S/C13H21N3O2/c17-11-9-13(10-14-11)3-7-16(8-4-13)12(18)15-5-1-2-6-15/h1-10H2,(H,14,17). The summed E-state index contributed by atoms with van der Waals surface area (Å²) in [5, 5.41) is 2.93. The van der Waals surface area contributed by atoms with Gasteiger partial charge in [0.15, 0.2) is 0 Å². The van der Waals surface area contributed by atoms with Gasteiger partial charge in [0, 0.05) is 39.1 Å². The zero-order chi connectivity index (χ0) is 12.6. The molecule has 18 heavy (non-hydrogen) atoms. The molecule has 3 amide bonds. The Hall–Kier alpha value is -1.26. The second kappa shape index (κ2) is 4.44. The molecule has 0 saturated carbocycles. The van der Waals surface area contributed by atoms with Gasteiger partial charge in [-0.2, -0.15) is 0 Å². The molecule has 100 valence electrons. The number of likely N-dealkylation sites (tertiary alicyclic amines) is 2. The van der Waals surface area contributed by atoms with Crippen LogP contribution in [0, 0.1) is 5.41 Å². The van der Waals surface area contributed by atoms with Gasteiger partial charge in [-0.3, -0.25) is 4.79 Å². The van der Waals surface area contributed by atoms with Crippen molar-refractivity contribution in [3.63, 3.8) is 0 Å². The van der Waals surface area contributed by atoms with Gasteiger partial charge in [0.05, 0.1) is 0 Å². The lowest BCUT2D eigenvalue weighted by Crippen LogP contribution is -2.48. The van der Waals surface area contributed by atoms with E-state index in [1.165, 1.54) is 0 Å². The summed E-state index contributed by atoms with van der Waals surface area (Å²) in [6.07, 6.45) is 4.86. The van der Waals surface area contributed by atoms with E-state index in [9.17, 15) is 9.59 Å². The summed E-state index contributed by atoms with van der Waals surface area (Å²) in [6, 6.07) is 0.208. The smallest absolute Gasteiger partial charge is 0.319 e. The molecule has 3 heterocycles. The molecule has 3 saturated heterocycles. The summed E-state index contributed by atoms with van der Waals surface area (Å²) in [4.78, 5) is 27.5. The van der Waals surface area contributed by atoms with E-state index in [4.69, 9.17) is 0 Å². The van der Waals surface area contributed by atoms with Crippen molar-refractivity contribution in [2.75, 3.05) is 32.7 Å². The molecule has 5 heteroatoms. The monoisotopic (exact) mass is 251 g/mol.